The van der Waals surface area contributed by atoms with Crippen LogP contribution in [0.25, 0.3) is 0 Å². The molecule has 9 heteroatoms. The summed E-state index contributed by atoms with van der Waals surface area (Å²) in [6.45, 7) is 4.56. The molecule has 1 amide bonds. The molecule has 7 nitrogen and oxygen atoms in total. The molecule has 152 valence electrons. The van der Waals surface area contributed by atoms with Gasteiger partial charge in [0, 0.05) is 37.7 Å². The Morgan fingerprint density at radius 2 is 2.00 bits per heavy atom. The molecule has 28 heavy (non-hydrogen) atoms. The fraction of sp³-hybridized carbons (Fsp3) is 0.526. The van der Waals surface area contributed by atoms with Crippen molar-refractivity contribution in [2.24, 2.45) is 0 Å². The average Bonchev–Trinajstić information content (AvgIpc) is 3.01. The van der Waals surface area contributed by atoms with E-state index in [2.05, 4.69) is 5.10 Å². The van der Waals surface area contributed by atoms with Crippen molar-refractivity contribution < 1.29 is 9.53 Å². The molecule has 1 aliphatic heterocycles. The number of benzene rings is 1. The predicted molar refractivity (Wildman–Crippen MR) is 108 cm³/mol. The molecule has 0 spiro atoms. The summed E-state index contributed by atoms with van der Waals surface area (Å²) in [7, 11) is 1.60. The van der Waals surface area contributed by atoms with E-state index in [4.69, 9.17) is 27.9 Å². The zero-order chi connectivity index (χ0) is 20.3. The SMILES string of the molecule is CCn1c(C2CCN(C(=O)c3ccc(Cl)cc3Cl)CC2)nn(CCOC)c1=O. The first-order valence-electron chi connectivity index (χ1n) is 9.37. The summed E-state index contributed by atoms with van der Waals surface area (Å²) >= 11 is 12.1. The fourth-order valence-corrected chi connectivity index (χ4v) is 4.04. The van der Waals surface area contributed by atoms with Gasteiger partial charge < -0.3 is 9.64 Å². The molecule has 0 radical (unpaired) electrons. The summed E-state index contributed by atoms with van der Waals surface area (Å²) in [4.78, 5) is 27.1. The van der Waals surface area contributed by atoms with Gasteiger partial charge in [-0.3, -0.25) is 9.36 Å². The molecule has 2 aromatic rings. The molecule has 0 bridgehead atoms. The minimum Gasteiger partial charge on any atom is -0.383 e. The highest BCUT2D eigenvalue weighted by atomic mass is 35.5. The van der Waals surface area contributed by atoms with Crippen LogP contribution in [0.1, 0.15) is 41.9 Å². The highest BCUT2D eigenvalue weighted by Crippen LogP contribution is 2.29. The number of nitrogens with zero attached hydrogens (tertiary/aromatic N) is 4. The van der Waals surface area contributed by atoms with Gasteiger partial charge in [-0.15, -0.1) is 0 Å². The summed E-state index contributed by atoms with van der Waals surface area (Å²) in [5.41, 5.74) is 0.347. The predicted octanol–water partition coefficient (Wildman–Crippen LogP) is 3.04. The minimum atomic E-state index is -0.110. The molecule has 3 rings (SSSR count). The van der Waals surface area contributed by atoms with E-state index in [0.29, 0.717) is 48.4 Å². The molecule has 0 unspecified atom stereocenters. The van der Waals surface area contributed by atoms with Gasteiger partial charge in [0.1, 0.15) is 5.82 Å². The van der Waals surface area contributed by atoms with E-state index >= 15 is 0 Å². The van der Waals surface area contributed by atoms with E-state index in [0.717, 1.165) is 18.7 Å². The molecule has 0 aliphatic carbocycles. The smallest absolute Gasteiger partial charge is 0.345 e. The lowest BCUT2D eigenvalue weighted by Crippen LogP contribution is -2.38. The lowest BCUT2D eigenvalue weighted by molar-refractivity contribution is 0.0710. The maximum atomic E-state index is 12.8. The van der Waals surface area contributed by atoms with Gasteiger partial charge >= 0.3 is 5.69 Å². The third-order valence-corrected chi connectivity index (χ3v) is 5.63. The van der Waals surface area contributed by atoms with Crippen LogP contribution in [0.15, 0.2) is 23.0 Å². The van der Waals surface area contributed by atoms with Gasteiger partial charge in [-0.05, 0) is 38.0 Å². The number of carbonyl (C=O) groups is 1. The van der Waals surface area contributed by atoms with Gasteiger partial charge in [-0.2, -0.15) is 5.10 Å². The van der Waals surface area contributed by atoms with Crippen LogP contribution in [0.5, 0.6) is 0 Å². The number of aromatic nitrogens is 3. The van der Waals surface area contributed by atoms with Crippen LogP contribution >= 0.6 is 23.2 Å². The van der Waals surface area contributed by atoms with Crippen LogP contribution in [0.2, 0.25) is 10.0 Å². The van der Waals surface area contributed by atoms with Crippen LogP contribution in [0.3, 0.4) is 0 Å². The van der Waals surface area contributed by atoms with Gasteiger partial charge in [-0.1, -0.05) is 23.2 Å². The Kier molecular flexibility index (Phi) is 6.80. The van der Waals surface area contributed by atoms with Crippen LogP contribution in [0, 0.1) is 0 Å². The third kappa shape index (κ3) is 4.26. The number of ether oxygens (including phenoxy) is 1. The van der Waals surface area contributed by atoms with Crippen LogP contribution in [0.4, 0.5) is 0 Å². The summed E-state index contributed by atoms with van der Waals surface area (Å²) in [5.74, 6) is 0.833. The Morgan fingerprint density at radius 3 is 2.61 bits per heavy atom. The van der Waals surface area contributed by atoms with E-state index in [1.54, 1.807) is 34.8 Å². The second-order valence-electron chi connectivity index (χ2n) is 6.79. The first kappa shape index (κ1) is 20.9. The maximum absolute atomic E-state index is 12.8. The molecular formula is C19H24Cl2N4O3. The van der Waals surface area contributed by atoms with Crippen molar-refractivity contribution in [2.45, 2.75) is 38.8 Å². The molecule has 0 saturated carbocycles. The monoisotopic (exact) mass is 426 g/mol. The number of hydrogen-bond donors (Lipinski definition) is 0. The van der Waals surface area contributed by atoms with Crippen molar-refractivity contribution >= 4 is 29.1 Å². The van der Waals surface area contributed by atoms with E-state index in [1.165, 1.54) is 4.68 Å². The van der Waals surface area contributed by atoms with Gasteiger partial charge in [0.05, 0.1) is 23.7 Å². The minimum absolute atomic E-state index is 0.0985. The van der Waals surface area contributed by atoms with Gasteiger partial charge in [-0.25, -0.2) is 9.48 Å². The number of halogens is 2. The second kappa shape index (κ2) is 9.11. The largest absolute Gasteiger partial charge is 0.383 e. The van der Waals surface area contributed by atoms with Crippen molar-refractivity contribution in [1.29, 1.82) is 0 Å². The Bertz CT molecular complexity index is 901. The lowest BCUT2D eigenvalue weighted by atomic mass is 9.95. The Labute approximate surface area is 173 Å². The zero-order valence-electron chi connectivity index (χ0n) is 16.0. The molecule has 0 atom stereocenters. The van der Waals surface area contributed by atoms with E-state index in [-0.39, 0.29) is 17.5 Å². The Hall–Kier alpha value is -1.83. The van der Waals surface area contributed by atoms with Crippen LogP contribution in [-0.4, -0.2) is 52.0 Å². The van der Waals surface area contributed by atoms with Crippen molar-refractivity contribution in [1.82, 2.24) is 19.2 Å². The molecule has 1 saturated heterocycles. The molecule has 2 heterocycles. The number of carbonyl (C=O) groups excluding carboxylic acids is 1. The third-order valence-electron chi connectivity index (χ3n) is 5.08. The van der Waals surface area contributed by atoms with Crippen molar-refractivity contribution in [3.8, 4) is 0 Å². The highest BCUT2D eigenvalue weighted by molar-refractivity contribution is 6.36. The van der Waals surface area contributed by atoms with E-state index in [1.807, 2.05) is 6.92 Å². The van der Waals surface area contributed by atoms with Crippen molar-refractivity contribution in [3.05, 3.63) is 50.1 Å². The summed E-state index contributed by atoms with van der Waals surface area (Å²) < 4.78 is 8.24. The van der Waals surface area contributed by atoms with E-state index in [9.17, 15) is 9.59 Å². The first-order valence-corrected chi connectivity index (χ1v) is 10.1. The summed E-state index contributed by atoms with van der Waals surface area (Å²) in [6, 6.07) is 4.90. The van der Waals surface area contributed by atoms with Gasteiger partial charge in [0.2, 0.25) is 0 Å². The van der Waals surface area contributed by atoms with Gasteiger partial charge in [0.25, 0.3) is 5.91 Å². The number of likely N-dealkylation sites (tertiary alicyclic amines) is 1. The molecular weight excluding hydrogens is 403 g/mol. The number of piperidine rings is 1. The number of rotatable bonds is 6. The zero-order valence-corrected chi connectivity index (χ0v) is 17.5. The fourth-order valence-electron chi connectivity index (χ4n) is 3.55. The number of amides is 1. The van der Waals surface area contributed by atoms with Crippen LogP contribution in [-0.2, 0) is 17.8 Å². The highest BCUT2D eigenvalue weighted by Gasteiger charge is 2.29. The van der Waals surface area contributed by atoms with Gasteiger partial charge in [0.15, 0.2) is 0 Å². The molecule has 1 aliphatic rings. The number of hydrogen-bond acceptors (Lipinski definition) is 4. The standard InChI is InChI=1S/C19H24Cl2N4O3/c1-3-24-17(22-25(19(24)27)10-11-28-2)13-6-8-23(9-7-13)18(26)15-5-4-14(20)12-16(15)21/h4-5,12-13H,3,6-11H2,1-2H3. The Morgan fingerprint density at radius 1 is 1.29 bits per heavy atom. The lowest BCUT2D eigenvalue weighted by Gasteiger charge is -2.31. The average molecular weight is 427 g/mol. The van der Waals surface area contributed by atoms with E-state index < -0.39 is 0 Å². The Balaban J connectivity index is 1.71. The number of methoxy groups -OCH3 is 1. The van der Waals surface area contributed by atoms with Crippen LogP contribution < -0.4 is 5.69 Å². The maximum Gasteiger partial charge on any atom is 0.345 e. The van der Waals surface area contributed by atoms with Crippen molar-refractivity contribution in [3.63, 3.8) is 0 Å². The topological polar surface area (TPSA) is 69.4 Å². The molecule has 1 fully saturated rings. The molecule has 0 N–H and O–H groups in total. The molecule has 1 aromatic carbocycles. The van der Waals surface area contributed by atoms with Crippen molar-refractivity contribution in [2.75, 3.05) is 26.8 Å². The second-order valence-corrected chi connectivity index (χ2v) is 7.64. The molecule has 1 aromatic heterocycles. The first-order chi connectivity index (χ1) is 13.5. The summed E-state index contributed by atoms with van der Waals surface area (Å²) in [6.07, 6.45) is 1.50. The normalized spacial score (nSPS) is 15.2. The quantitative estimate of drug-likeness (QED) is 0.711. The summed E-state index contributed by atoms with van der Waals surface area (Å²) in [5, 5.41) is 5.40.